The molecule has 0 aliphatic heterocycles. The molecule has 0 aromatic heterocycles. The van der Waals surface area contributed by atoms with Crippen LogP contribution < -0.4 is 0 Å². The largest absolute Gasteiger partial charge is 0.459 e. The minimum absolute atomic E-state index is 0.0268. The summed E-state index contributed by atoms with van der Waals surface area (Å²) in [6.07, 6.45) is 3.69. The van der Waals surface area contributed by atoms with Gasteiger partial charge in [0.2, 0.25) is 0 Å². The van der Waals surface area contributed by atoms with Gasteiger partial charge in [0.25, 0.3) is 0 Å². The van der Waals surface area contributed by atoms with Gasteiger partial charge < -0.3 is 9.84 Å². The van der Waals surface area contributed by atoms with Crippen LogP contribution >= 0.6 is 0 Å². The van der Waals surface area contributed by atoms with Crippen LogP contribution in [0.4, 0.5) is 0 Å². The van der Waals surface area contributed by atoms with Crippen molar-refractivity contribution in [2.24, 2.45) is 11.8 Å². The summed E-state index contributed by atoms with van der Waals surface area (Å²) >= 11 is 0. The van der Waals surface area contributed by atoms with Crippen LogP contribution in [-0.2, 0) is 9.53 Å². The third kappa shape index (κ3) is 1.48. The average Bonchev–Trinajstić information content (AvgIpc) is 2.63. The number of carbonyl (C=O) groups excluding carboxylic acids is 1. The Labute approximate surface area is 77.4 Å². The predicted octanol–water partition coefficient (Wildman–Crippen LogP) is 0.875. The van der Waals surface area contributed by atoms with Crippen molar-refractivity contribution >= 4 is 5.97 Å². The third-order valence-corrected chi connectivity index (χ3v) is 3.19. The van der Waals surface area contributed by atoms with Crippen LogP contribution in [-0.4, -0.2) is 23.3 Å². The number of esters is 1. The van der Waals surface area contributed by atoms with Crippen molar-refractivity contribution in [3.8, 4) is 0 Å². The molecule has 4 atom stereocenters. The lowest BCUT2D eigenvalue weighted by Gasteiger charge is -2.24. The van der Waals surface area contributed by atoms with Crippen LogP contribution in [0.15, 0.2) is 12.7 Å². The first-order valence-corrected chi connectivity index (χ1v) is 4.72. The molecular formula is C10H14O3. The molecule has 0 spiro atoms. The SMILES string of the molecule is C=CC(=O)OC1CC2CC1CC2O. The molecule has 0 heterocycles. The van der Waals surface area contributed by atoms with Gasteiger partial charge in [-0.15, -0.1) is 0 Å². The molecule has 0 aromatic carbocycles. The standard InChI is InChI=1S/C10H14O3/c1-2-10(12)13-9-5-6-3-7(9)4-8(6)11/h2,6-9,11H,1,3-5H2. The molecule has 0 saturated heterocycles. The second-order valence-electron chi connectivity index (χ2n) is 3.97. The van der Waals surface area contributed by atoms with Gasteiger partial charge in [-0.05, 0) is 31.1 Å². The number of hydrogen-bond acceptors (Lipinski definition) is 3. The minimum Gasteiger partial charge on any atom is -0.459 e. The number of ether oxygens (including phenoxy) is 1. The first-order valence-electron chi connectivity index (χ1n) is 4.72. The van der Waals surface area contributed by atoms with E-state index in [1.165, 1.54) is 6.08 Å². The molecule has 2 aliphatic rings. The van der Waals surface area contributed by atoms with Gasteiger partial charge in [-0.3, -0.25) is 0 Å². The number of fused-ring (bicyclic) bond motifs is 2. The molecular weight excluding hydrogens is 168 g/mol. The van der Waals surface area contributed by atoms with Crippen LogP contribution in [0.3, 0.4) is 0 Å². The van der Waals surface area contributed by atoms with Gasteiger partial charge in [-0.1, -0.05) is 6.58 Å². The average molecular weight is 182 g/mol. The third-order valence-electron chi connectivity index (χ3n) is 3.19. The Morgan fingerprint density at radius 2 is 2.15 bits per heavy atom. The van der Waals surface area contributed by atoms with E-state index >= 15 is 0 Å². The molecule has 0 amide bonds. The topological polar surface area (TPSA) is 46.5 Å². The maximum Gasteiger partial charge on any atom is 0.330 e. The quantitative estimate of drug-likeness (QED) is 0.509. The van der Waals surface area contributed by atoms with Crippen molar-refractivity contribution in [2.75, 3.05) is 0 Å². The van der Waals surface area contributed by atoms with E-state index in [1.807, 2.05) is 0 Å². The monoisotopic (exact) mass is 182 g/mol. The lowest BCUT2D eigenvalue weighted by Crippen LogP contribution is -2.28. The van der Waals surface area contributed by atoms with Crippen molar-refractivity contribution < 1.29 is 14.6 Å². The summed E-state index contributed by atoms with van der Waals surface area (Å²) < 4.78 is 5.17. The molecule has 2 saturated carbocycles. The Morgan fingerprint density at radius 3 is 2.62 bits per heavy atom. The Kier molecular flexibility index (Phi) is 2.12. The zero-order valence-electron chi connectivity index (χ0n) is 7.48. The highest BCUT2D eigenvalue weighted by Gasteiger charge is 2.46. The molecule has 72 valence electrons. The van der Waals surface area contributed by atoms with Crippen LogP contribution in [0.5, 0.6) is 0 Å². The molecule has 2 aliphatic carbocycles. The summed E-state index contributed by atoms with van der Waals surface area (Å²) in [4.78, 5) is 10.9. The summed E-state index contributed by atoms with van der Waals surface area (Å²) in [5, 5.41) is 9.47. The lowest BCUT2D eigenvalue weighted by atomic mass is 9.95. The maximum atomic E-state index is 10.9. The summed E-state index contributed by atoms with van der Waals surface area (Å²) in [5.74, 6) is 0.392. The highest BCUT2D eigenvalue weighted by atomic mass is 16.5. The number of hydrogen-bond donors (Lipinski definition) is 1. The fourth-order valence-corrected chi connectivity index (χ4v) is 2.53. The summed E-state index contributed by atoms with van der Waals surface area (Å²) in [5.41, 5.74) is 0. The van der Waals surface area contributed by atoms with E-state index in [-0.39, 0.29) is 18.2 Å². The van der Waals surface area contributed by atoms with E-state index < -0.39 is 0 Å². The van der Waals surface area contributed by atoms with Gasteiger partial charge in [0.1, 0.15) is 6.10 Å². The second kappa shape index (κ2) is 3.14. The van der Waals surface area contributed by atoms with Crippen LogP contribution in [0.1, 0.15) is 19.3 Å². The van der Waals surface area contributed by atoms with Gasteiger partial charge in [0.05, 0.1) is 6.10 Å². The first kappa shape index (κ1) is 8.75. The van der Waals surface area contributed by atoms with Gasteiger partial charge in [-0.2, -0.15) is 0 Å². The predicted molar refractivity (Wildman–Crippen MR) is 46.9 cm³/mol. The van der Waals surface area contributed by atoms with Gasteiger partial charge in [0.15, 0.2) is 0 Å². The fraction of sp³-hybridized carbons (Fsp3) is 0.700. The number of aliphatic hydroxyl groups excluding tert-OH is 1. The van der Waals surface area contributed by atoms with Gasteiger partial charge >= 0.3 is 5.97 Å². The highest BCUT2D eigenvalue weighted by molar-refractivity contribution is 5.81. The molecule has 1 N–H and O–H groups in total. The molecule has 0 aromatic rings. The van der Waals surface area contributed by atoms with E-state index in [0.717, 1.165) is 19.3 Å². The zero-order valence-corrected chi connectivity index (χ0v) is 7.48. The van der Waals surface area contributed by atoms with E-state index in [1.54, 1.807) is 0 Å². The minimum atomic E-state index is -0.341. The van der Waals surface area contributed by atoms with Crippen LogP contribution in [0, 0.1) is 11.8 Å². The van der Waals surface area contributed by atoms with E-state index in [9.17, 15) is 9.90 Å². The normalized spacial score (nSPS) is 41.9. The first-order chi connectivity index (χ1) is 6.20. The number of aliphatic hydroxyl groups is 1. The molecule has 3 nitrogen and oxygen atoms in total. The zero-order chi connectivity index (χ0) is 9.42. The Morgan fingerprint density at radius 1 is 1.38 bits per heavy atom. The summed E-state index contributed by atoms with van der Waals surface area (Å²) in [6.45, 7) is 3.36. The van der Waals surface area contributed by atoms with Crippen molar-refractivity contribution in [1.82, 2.24) is 0 Å². The number of rotatable bonds is 2. The highest BCUT2D eigenvalue weighted by Crippen LogP contribution is 2.46. The molecule has 3 heteroatoms. The van der Waals surface area contributed by atoms with Crippen molar-refractivity contribution in [1.29, 1.82) is 0 Å². The summed E-state index contributed by atoms with van der Waals surface area (Å²) in [7, 11) is 0. The van der Waals surface area contributed by atoms with Crippen molar-refractivity contribution in [3.05, 3.63) is 12.7 Å². The van der Waals surface area contributed by atoms with Crippen LogP contribution in [0.25, 0.3) is 0 Å². The molecule has 2 bridgehead atoms. The van der Waals surface area contributed by atoms with Crippen molar-refractivity contribution in [3.63, 3.8) is 0 Å². The van der Waals surface area contributed by atoms with E-state index in [0.29, 0.717) is 11.8 Å². The van der Waals surface area contributed by atoms with Gasteiger partial charge in [0, 0.05) is 6.08 Å². The molecule has 13 heavy (non-hydrogen) atoms. The maximum absolute atomic E-state index is 10.9. The van der Waals surface area contributed by atoms with Crippen molar-refractivity contribution in [2.45, 2.75) is 31.5 Å². The number of carbonyl (C=O) groups is 1. The Hall–Kier alpha value is -0.830. The molecule has 2 rings (SSSR count). The van der Waals surface area contributed by atoms with E-state index in [4.69, 9.17) is 4.74 Å². The van der Waals surface area contributed by atoms with Gasteiger partial charge in [-0.25, -0.2) is 4.79 Å². The Bertz CT molecular complexity index is 234. The smallest absolute Gasteiger partial charge is 0.330 e. The fourth-order valence-electron chi connectivity index (χ4n) is 2.53. The van der Waals surface area contributed by atoms with E-state index in [2.05, 4.69) is 6.58 Å². The molecule has 0 radical (unpaired) electrons. The molecule has 2 fully saturated rings. The Balaban J connectivity index is 1.92. The second-order valence-corrected chi connectivity index (χ2v) is 3.97. The lowest BCUT2D eigenvalue weighted by molar-refractivity contribution is -0.146. The molecule has 4 unspecified atom stereocenters. The summed E-state index contributed by atoms with van der Waals surface area (Å²) in [6, 6.07) is 0. The van der Waals surface area contributed by atoms with Crippen LogP contribution in [0.2, 0.25) is 0 Å².